The van der Waals surface area contributed by atoms with Crippen LogP contribution in [-0.2, 0) is 16.2 Å². The van der Waals surface area contributed by atoms with E-state index in [-0.39, 0.29) is 18.0 Å². The van der Waals surface area contributed by atoms with Crippen LogP contribution in [0, 0.1) is 0 Å². The fourth-order valence-electron chi connectivity index (χ4n) is 1.98. The Morgan fingerprint density at radius 2 is 1.60 bits per heavy atom. The van der Waals surface area contributed by atoms with Crippen LogP contribution in [0.25, 0.3) is 0 Å². The highest BCUT2D eigenvalue weighted by molar-refractivity contribution is 7.89. The molecule has 0 amide bonds. The molecule has 9 heteroatoms. The zero-order valence-corrected chi connectivity index (χ0v) is 14.0. The van der Waals surface area contributed by atoms with Crippen molar-refractivity contribution in [3.8, 4) is 11.5 Å². The zero-order valence-electron chi connectivity index (χ0n) is 13.2. The van der Waals surface area contributed by atoms with Crippen LogP contribution in [-0.4, -0.2) is 28.7 Å². The molecule has 0 aliphatic carbocycles. The second-order valence-corrected chi connectivity index (χ2v) is 6.69. The fourth-order valence-corrected chi connectivity index (χ4v) is 2.99. The van der Waals surface area contributed by atoms with E-state index >= 15 is 0 Å². The molecule has 0 heterocycles. The molecule has 0 spiro atoms. The van der Waals surface area contributed by atoms with Crippen molar-refractivity contribution in [1.29, 1.82) is 0 Å². The molecule has 25 heavy (non-hydrogen) atoms. The summed E-state index contributed by atoms with van der Waals surface area (Å²) in [4.78, 5) is -0.252. The molecule has 0 saturated heterocycles. The molecule has 2 aromatic carbocycles. The molecule has 0 aromatic heterocycles. The van der Waals surface area contributed by atoms with Crippen molar-refractivity contribution in [2.75, 3.05) is 20.3 Å². The molecule has 0 aliphatic rings. The van der Waals surface area contributed by atoms with Crippen LogP contribution in [0.4, 0.5) is 13.2 Å². The van der Waals surface area contributed by atoms with Crippen molar-refractivity contribution in [1.82, 2.24) is 4.72 Å². The molecular formula is C16H16F3NO4S. The molecule has 0 fully saturated rings. The number of hydrogen-bond acceptors (Lipinski definition) is 4. The molecule has 2 rings (SSSR count). The van der Waals surface area contributed by atoms with E-state index in [1.54, 1.807) is 24.3 Å². The van der Waals surface area contributed by atoms with Crippen LogP contribution < -0.4 is 14.2 Å². The summed E-state index contributed by atoms with van der Waals surface area (Å²) in [6.45, 7) is -0.0261. The van der Waals surface area contributed by atoms with E-state index in [1.807, 2.05) is 0 Å². The molecule has 0 unspecified atom stereocenters. The van der Waals surface area contributed by atoms with Gasteiger partial charge in [0.2, 0.25) is 10.0 Å². The first-order chi connectivity index (χ1) is 11.7. The van der Waals surface area contributed by atoms with Gasteiger partial charge in [-0.25, -0.2) is 13.1 Å². The first-order valence-electron chi connectivity index (χ1n) is 7.17. The molecular weight excluding hydrogens is 359 g/mol. The summed E-state index contributed by atoms with van der Waals surface area (Å²) in [6.07, 6.45) is -4.52. The van der Waals surface area contributed by atoms with Gasteiger partial charge in [0.25, 0.3) is 0 Å². The number of alkyl halides is 3. The Morgan fingerprint density at radius 3 is 2.16 bits per heavy atom. The first kappa shape index (κ1) is 19.1. The minimum absolute atomic E-state index is 0.0280. The minimum Gasteiger partial charge on any atom is -0.493 e. The number of ether oxygens (including phenoxy) is 2. The molecule has 0 aliphatic heterocycles. The smallest absolute Gasteiger partial charge is 0.416 e. The lowest BCUT2D eigenvalue weighted by Crippen LogP contribution is -2.28. The van der Waals surface area contributed by atoms with E-state index < -0.39 is 21.8 Å². The Labute approximate surface area is 143 Å². The number of methoxy groups -OCH3 is 1. The van der Waals surface area contributed by atoms with Crippen molar-refractivity contribution in [3.05, 3.63) is 54.1 Å². The third-order valence-corrected chi connectivity index (χ3v) is 4.69. The quantitative estimate of drug-likeness (QED) is 0.756. The molecule has 0 radical (unpaired) electrons. The standard InChI is InChI=1S/C16H16F3NO4S/c1-23-14-4-2-3-5-15(14)24-11-10-20-25(21,22)13-8-6-12(7-9-13)16(17,18)19/h2-9,20H,10-11H2,1H3. The Balaban J connectivity index is 1.93. The molecule has 0 atom stereocenters. The predicted octanol–water partition coefficient (Wildman–Crippen LogP) is 3.07. The van der Waals surface area contributed by atoms with E-state index in [4.69, 9.17) is 9.47 Å². The lowest BCUT2D eigenvalue weighted by atomic mass is 10.2. The second-order valence-electron chi connectivity index (χ2n) is 4.92. The van der Waals surface area contributed by atoms with Crippen LogP contribution >= 0.6 is 0 Å². The van der Waals surface area contributed by atoms with Crippen molar-refractivity contribution >= 4 is 10.0 Å². The van der Waals surface area contributed by atoms with Gasteiger partial charge in [0.05, 0.1) is 17.6 Å². The number of nitrogens with one attached hydrogen (secondary N) is 1. The van der Waals surface area contributed by atoms with Crippen molar-refractivity contribution in [2.24, 2.45) is 0 Å². The average molecular weight is 375 g/mol. The highest BCUT2D eigenvalue weighted by atomic mass is 32.2. The first-order valence-corrected chi connectivity index (χ1v) is 8.65. The lowest BCUT2D eigenvalue weighted by Gasteiger charge is -2.11. The number of sulfonamides is 1. The fraction of sp³-hybridized carbons (Fsp3) is 0.250. The summed E-state index contributed by atoms with van der Waals surface area (Å²) < 4.78 is 74.4. The third kappa shape index (κ3) is 5.10. The van der Waals surface area contributed by atoms with Crippen LogP contribution in [0.15, 0.2) is 53.4 Å². The van der Waals surface area contributed by atoms with E-state index in [0.29, 0.717) is 11.5 Å². The number of hydrogen-bond donors (Lipinski definition) is 1. The van der Waals surface area contributed by atoms with Gasteiger partial charge in [-0.05, 0) is 36.4 Å². The Kier molecular flexibility index (Phi) is 5.91. The van der Waals surface area contributed by atoms with E-state index in [1.165, 1.54) is 7.11 Å². The van der Waals surface area contributed by atoms with Crippen molar-refractivity contribution in [3.63, 3.8) is 0 Å². The Morgan fingerprint density at radius 1 is 1.00 bits per heavy atom. The predicted molar refractivity (Wildman–Crippen MR) is 85.1 cm³/mol. The van der Waals surface area contributed by atoms with Gasteiger partial charge in [0.1, 0.15) is 6.61 Å². The van der Waals surface area contributed by atoms with E-state index in [2.05, 4.69) is 4.72 Å². The second kappa shape index (κ2) is 7.75. The number of halogens is 3. The average Bonchev–Trinajstić information content (AvgIpc) is 2.58. The summed E-state index contributed by atoms with van der Waals surface area (Å²) in [7, 11) is -2.44. The Hall–Kier alpha value is -2.26. The minimum atomic E-state index is -4.52. The maximum atomic E-state index is 12.5. The topological polar surface area (TPSA) is 64.6 Å². The number of rotatable bonds is 7. The summed E-state index contributed by atoms with van der Waals surface area (Å²) in [5.41, 5.74) is -0.911. The maximum Gasteiger partial charge on any atom is 0.416 e. The number of para-hydroxylation sites is 2. The van der Waals surface area contributed by atoms with Crippen LogP contribution in [0.2, 0.25) is 0 Å². The van der Waals surface area contributed by atoms with Crippen LogP contribution in [0.1, 0.15) is 5.56 Å². The highest BCUT2D eigenvalue weighted by Crippen LogP contribution is 2.29. The summed E-state index contributed by atoms with van der Waals surface area (Å²) in [5.74, 6) is 0.965. The highest BCUT2D eigenvalue weighted by Gasteiger charge is 2.30. The van der Waals surface area contributed by atoms with Gasteiger partial charge < -0.3 is 9.47 Å². The molecule has 1 N–H and O–H groups in total. The molecule has 5 nitrogen and oxygen atoms in total. The van der Waals surface area contributed by atoms with Gasteiger partial charge in [0.15, 0.2) is 11.5 Å². The van der Waals surface area contributed by atoms with Crippen LogP contribution in [0.3, 0.4) is 0 Å². The van der Waals surface area contributed by atoms with Gasteiger partial charge in [-0.2, -0.15) is 13.2 Å². The lowest BCUT2D eigenvalue weighted by molar-refractivity contribution is -0.137. The van der Waals surface area contributed by atoms with Gasteiger partial charge in [0, 0.05) is 6.54 Å². The summed E-state index contributed by atoms with van der Waals surface area (Å²) >= 11 is 0. The third-order valence-electron chi connectivity index (χ3n) is 3.21. The number of benzene rings is 2. The monoisotopic (exact) mass is 375 g/mol. The van der Waals surface area contributed by atoms with Crippen LogP contribution in [0.5, 0.6) is 11.5 Å². The molecule has 2 aromatic rings. The van der Waals surface area contributed by atoms with Crippen molar-refractivity contribution < 1.29 is 31.1 Å². The molecule has 0 bridgehead atoms. The largest absolute Gasteiger partial charge is 0.493 e. The SMILES string of the molecule is COc1ccccc1OCCNS(=O)(=O)c1ccc(C(F)(F)F)cc1. The molecule has 0 saturated carbocycles. The van der Waals surface area contributed by atoms with Crippen molar-refractivity contribution in [2.45, 2.75) is 11.1 Å². The summed E-state index contributed by atoms with van der Waals surface area (Å²) in [6, 6.07) is 10.1. The van der Waals surface area contributed by atoms with Gasteiger partial charge >= 0.3 is 6.18 Å². The van der Waals surface area contributed by atoms with Gasteiger partial charge in [-0.1, -0.05) is 12.1 Å². The van der Waals surface area contributed by atoms with E-state index in [0.717, 1.165) is 24.3 Å². The van der Waals surface area contributed by atoms with E-state index in [9.17, 15) is 21.6 Å². The summed E-state index contributed by atoms with van der Waals surface area (Å²) in [5, 5.41) is 0. The zero-order chi connectivity index (χ0) is 18.5. The normalized spacial score (nSPS) is 12.0. The maximum absolute atomic E-state index is 12.5. The Bertz CT molecular complexity index is 805. The van der Waals surface area contributed by atoms with Gasteiger partial charge in [-0.15, -0.1) is 0 Å². The van der Waals surface area contributed by atoms with Gasteiger partial charge in [-0.3, -0.25) is 0 Å². The molecule has 136 valence electrons.